The molecule has 0 N–H and O–H groups in total. The molecule has 0 atom stereocenters. The van der Waals surface area contributed by atoms with E-state index in [1.807, 2.05) is 13.1 Å². The molecule has 3 heteroatoms. The summed E-state index contributed by atoms with van der Waals surface area (Å²) in [6, 6.07) is 0. The molecular weight excluding hydrogens is 156 g/mol. The van der Waals surface area contributed by atoms with E-state index in [2.05, 4.69) is 22.3 Å². The maximum Gasteiger partial charge on any atom is 0.142 e. The zero-order valence-electron chi connectivity index (χ0n) is 6.46. The van der Waals surface area contributed by atoms with E-state index in [0.29, 0.717) is 0 Å². The Balaban J connectivity index is 2.86. The average molecular weight is 164 g/mol. The van der Waals surface area contributed by atoms with Gasteiger partial charge in [-0.2, -0.15) is 0 Å². The fourth-order valence-corrected chi connectivity index (χ4v) is 1.93. The third-order valence-corrected chi connectivity index (χ3v) is 2.56. The fourth-order valence-electron chi connectivity index (χ4n) is 1.01. The van der Waals surface area contributed by atoms with Crippen molar-refractivity contribution in [3.63, 3.8) is 0 Å². The van der Waals surface area contributed by atoms with Gasteiger partial charge in [-0.3, -0.25) is 4.98 Å². The smallest absolute Gasteiger partial charge is 0.142 e. The summed E-state index contributed by atoms with van der Waals surface area (Å²) in [6.45, 7) is 4.02. The van der Waals surface area contributed by atoms with Crippen molar-refractivity contribution in [3.05, 3.63) is 22.8 Å². The first kappa shape index (κ1) is 6.73. The second-order valence-corrected chi connectivity index (χ2v) is 3.44. The minimum atomic E-state index is 0.986. The van der Waals surface area contributed by atoms with Gasteiger partial charge in [0.25, 0.3) is 0 Å². The quantitative estimate of drug-likeness (QED) is 0.597. The molecule has 2 aromatic rings. The Kier molecular flexibility index (Phi) is 1.39. The van der Waals surface area contributed by atoms with E-state index in [0.717, 1.165) is 16.0 Å². The first-order valence-electron chi connectivity index (χ1n) is 3.45. The molecule has 0 bridgehead atoms. The van der Waals surface area contributed by atoms with Crippen molar-refractivity contribution >= 4 is 21.7 Å². The highest BCUT2D eigenvalue weighted by molar-refractivity contribution is 7.16. The molecule has 0 radical (unpaired) electrons. The summed E-state index contributed by atoms with van der Waals surface area (Å²) in [7, 11) is 0. The van der Waals surface area contributed by atoms with Gasteiger partial charge in [-0.25, -0.2) is 4.98 Å². The molecule has 2 rings (SSSR count). The molecule has 0 aromatic carbocycles. The summed E-state index contributed by atoms with van der Waals surface area (Å²) in [5.74, 6) is 0. The minimum absolute atomic E-state index is 0.986. The van der Waals surface area contributed by atoms with Crippen molar-refractivity contribution in [2.24, 2.45) is 0 Å². The molecule has 0 saturated heterocycles. The maximum absolute atomic E-state index is 4.35. The Morgan fingerprint density at radius 2 is 2.18 bits per heavy atom. The van der Waals surface area contributed by atoms with Crippen molar-refractivity contribution < 1.29 is 0 Å². The van der Waals surface area contributed by atoms with Crippen LogP contribution in [-0.2, 0) is 0 Å². The molecule has 11 heavy (non-hydrogen) atoms. The summed E-state index contributed by atoms with van der Waals surface area (Å²) in [5, 5.41) is 2.09. The van der Waals surface area contributed by atoms with Crippen LogP contribution in [-0.4, -0.2) is 9.97 Å². The van der Waals surface area contributed by atoms with Crippen molar-refractivity contribution in [3.8, 4) is 0 Å². The highest BCUT2D eigenvalue weighted by Crippen LogP contribution is 2.20. The molecule has 0 fully saturated rings. The third-order valence-electron chi connectivity index (χ3n) is 1.58. The van der Waals surface area contributed by atoms with Gasteiger partial charge in [0.05, 0.1) is 5.69 Å². The van der Waals surface area contributed by atoms with Crippen LogP contribution in [0, 0.1) is 13.8 Å². The number of hydrogen-bond acceptors (Lipinski definition) is 3. The van der Waals surface area contributed by atoms with Gasteiger partial charge >= 0.3 is 0 Å². The lowest BCUT2D eigenvalue weighted by Crippen LogP contribution is -1.82. The fraction of sp³-hybridized carbons (Fsp3) is 0.250. The van der Waals surface area contributed by atoms with Crippen LogP contribution in [0.15, 0.2) is 11.6 Å². The number of aromatic nitrogens is 2. The molecule has 0 spiro atoms. The second-order valence-electron chi connectivity index (χ2n) is 2.58. The molecule has 0 saturated carbocycles. The number of rotatable bonds is 0. The lowest BCUT2D eigenvalue weighted by atomic mass is 10.3. The van der Waals surface area contributed by atoms with E-state index in [4.69, 9.17) is 0 Å². The molecule has 2 aromatic heterocycles. The number of fused-ring (bicyclic) bond motifs is 1. The molecule has 2 heterocycles. The monoisotopic (exact) mass is 164 g/mol. The molecule has 0 aliphatic carbocycles. The van der Waals surface area contributed by atoms with Gasteiger partial charge in [-0.05, 0) is 24.8 Å². The average Bonchev–Trinajstić information content (AvgIpc) is 2.32. The van der Waals surface area contributed by atoms with Crippen molar-refractivity contribution in [1.29, 1.82) is 0 Å². The summed E-state index contributed by atoms with van der Waals surface area (Å²) in [6.07, 6.45) is 1.81. The van der Waals surface area contributed by atoms with Gasteiger partial charge in [0.2, 0.25) is 0 Å². The Bertz CT molecular complexity index is 392. The molecule has 2 nitrogen and oxygen atoms in total. The summed E-state index contributed by atoms with van der Waals surface area (Å²) in [4.78, 5) is 9.68. The van der Waals surface area contributed by atoms with Gasteiger partial charge < -0.3 is 0 Å². The van der Waals surface area contributed by atoms with Crippen molar-refractivity contribution in [2.45, 2.75) is 13.8 Å². The predicted octanol–water partition coefficient (Wildman–Crippen LogP) is 2.31. The Morgan fingerprint density at radius 3 is 3.00 bits per heavy atom. The van der Waals surface area contributed by atoms with Gasteiger partial charge in [0.1, 0.15) is 10.3 Å². The Labute approximate surface area is 68.9 Å². The molecule has 0 amide bonds. The standard InChI is InChI=1S/C8H8N2S/c1-5-4-11-8-7(5)9-3-6(2)10-8/h3-4H,1-2H3. The normalized spacial score (nSPS) is 10.7. The summed E-state index contributed by atoms with van der Waals surface area (Å²) < 4.78 is 0. The lowest BCUT2D eigenvalue weighted by molar-refractivity contribution is 1.19. The highest BCUT2D eigenvalue weighted by atomic mass is 32.1. The predicted molar refractivity (Wildman–Crippen MR) is 46.9 cm³/mol. The number of aryl methyl sites for hydroxylation is 2. The first-order valence-corrected chi connectivity index (χ1v) is 4.33. The Morgan fingerprint density at radius 1 is 1.36 bits per heavy atom. The van der Waals surface area contributed by atoms with Crippen LogP contribution in [0.2, 0.25) is 0 Å². The third kappa shape index (κ3) is 1.01. The lowest BCUT2D eigenvalue weighted by Gasteiger charge is -1.90. The van der Waals surface area contributed by atoms with Crippen molar-refractivity contribution in [1.82, 2.24) is 9.97 Å². The molecule has 0 aliphatic heterocycles. The van der Waals surface area contributed by atoms with E-state index in [-0.39, 0.29) is 0 Å². The Hall–Kier alpha value is -0.960. The SMILES string of the molecule is Cc1cnc2c(C)csc2n1. The minimum Gasteiger partial charge on any atom is -0.252 e. The van der Waals surface area contributed by atoms with Gasteiger partial charge in [-0.15, -0.1) is 11.3 Å². The maximum atomic E-state index is 4.35. The number of hydrogen-bond donors (Lipinski definition) is 0. The molecule has 0 aliphatic rings. The second kappa shape index (κ2) is 2.27. The largest absolute Gasteiger partial charge is 0.252 e. The van der Waals surface area contributed by atoms with Crippen LogP contribution >= 0.6 is 11.3 Å². The van der Waals surface area contributed by atoms with E-state index in [9.17, 15) is 0 Å². The highest BCUT2D eigenvalue weighted by Gasteiger charge is 2.01. The van der Waals surface area contributed by atoms with E-state index < -0.39 is 0 Å². The van der Waals surface area contributed by atoms with Crippen LogP contribution < -0.4 is 0 Å². The number of nitrogens with zero attached hydrogens (tertiary/aromatic N) is 2. The molecule has 56 valence electrons. The summed E-state index contributed by atoms with van der Waals surface area (Å²) >= 11 is 1.65. The van der Waals surface area contributed by atoms with Crippen LogP contribution in [0.25, 0.3) is 10.3 Å². The van der Waals surface area contributed by atoms with Crippen LogP contribution in [0.3, 0.4) is 0 Å². The summed E-state index contributed by atoms with van der Waals surface area (Å²) in [5.41, 5.74) is 3.25. The van der Waals surface area contributed by atoms with E-state index in [1.165, 1.54) is 5.56 Å². The van der Waals surface area contributed by atoms with Crippen LogP contribution in [0.5, 0.6) is 0 Å². The number of thiophene rings is 1. The zero-order chi connectivity index (χ0) is 7.84. The first-order chi connectivity index (χ1) is 5.27. The van der Waals surface area contributed by atoms with Crippen LogP contribution in [0.1, 0.15) is 11.3 Å². The van der Waals surface area contributed by atoms with Crippen LogP contribution in [0.4, 0.5) is 0 Å². The van der Waals surface area contributed by atoms with Gasteiger partial charge in [-0.1, -0.05) is 0 Å². The van der Waals surface area contributed by atoms with E-state index >= 15 is 0 Å². The molecule has 0 unspecified atom stereocenters. The topological polar surface area (TPSA) is 25.8 Å². The van der Waals surface area contributed by atoms with Gasteiger partial charge in [0.15, 0.2) is 0 Å². The zero-order valence-corrected chi connectivity index (χ0v) is 7.27. The van der Waals surface area contributed by atoms with Gasteiger partial charge in [0, 0.05) is 6.20 Å². The molecular formula is C8H8N2S. The van der Waals surface area contributed by atoms with Crippen molar-refractivity contribution in [2.75, 3.05) is 0 Å². The van der Waals surface area contributed by atoms with E-state index in [1.54, 1.807) is 11.3 Å².